The lowest BCUT2D eigenvalue weighted by atomic mass is 9.88. The van der Waals surface area contributed by atoms with E-state index >= 15 is 0 Å². The second kappa shape index (κ2) is 9.12. The zero-order valence-corrected chi connectivity index (χ0v) is 18.8. The topological polar surface area (TPSA) is 55.4 Å². The molecule has 6 heteroatoms. The Labute approximate surface area is 170 Å². The molecule has 0 aliphatic heterocycles. The van der Waals surface area contributed by atoms with Gasteiger partial charge in [0.2, 0.25) is 10.0 Å². The van der Waals surface area contributed by atoms with Gasteiger partial charge >= 0.3 is 0 Å². The molecule has 0 atom stereocenters. The van der Waals surface area contributed by atoms with Crippen LogP contribution in [0.1, 0.15) is 79.6 Å². The standard InChI is InChI=1S/C22H36FNO3S/c1-21(2,3)13-7-6-8-14-22(4,5)24-28(25,26)18-11-12-19(23)20(15-18)27-16-17-9-10-17/h11-12,15,17,24H,6-10,13-14,16H2,1-5H3. The fourth-order valence-corrected chi connectivity index (χ4v) is 4.58. The van der Waals surface area contributed by atoms with Gasteiger partial charge in [-0.3, -0.25) is 0 Å². The van der Waals surface area contributed by atoms with E-state index in [0.717, 1.165) is 44.6 Å². The lowest BCUT2D eigenvalue weighted by Crippen LogP contribution is -2.43. The Morgan fingerprint density at radius 3 is 2.32 bits per heavy atom. The molecule has 1 aromatic rings. The third-order valence-electron chi connectivity index (χ3n) is 5.02. The van der Waals surface area contributed by atoms with Crippen LogP contribution in [-0.4, -0.2) is 20.6 Å². The van der Waals surface area contributed by atoms with Gasteiger partial charge in [0.15, 0.2) is 11.6 Å². The third kappa shape index (κ3) is 8.08. The average molecular weight is 414 g/mol. The number of halogens is 1. The maximum atomic E-state index is 13.9. The number of unbranched alkanes of at least 4 members (excludes halogenated alkanes) is 2. The Kier molecular flexibility index (Phi) is 7.54. The van der Waals surface area contributed by atoms with Crippen LogP contribution >= 0.6 is 0 Å². The molecule has 0 unspecified atom stereocenters. The van der Waals surface area contributed by atoms with E-state index in [4.69, 9.17) is 4.74 Å². The van der Waals surface area contributed by atoms with Gasteiger partial charge in [0.05, 0.1) is 11.5 Å². The molecule has 0 bridgehead atoms. The van der Waals surface area contributed by atoms with Crippen LogP contribution in [0.4, 0.5) is 4.39 Å². The molecule has 0 amide bonds. The lowest BCUT2D eigenvalue weighted by Gasteiger charge is -2.26. The molecule has 0 aromatic heterocycles. The molecule has 4 nitrogen and oxygen atoms in total. The van der Waals surface area contributed by atoms with Crippen LogP contribution in [-0.2, 0) is 10.0 Å². The van der Waals surface area contributed by atoms with Gasteiger partial charge in [-0.2, -0.15) is 0 Å². The predicted molar refractivity (Wildman–Crippen MR) is 112 cm³/mol. The van der Waals surface area contributed by atoms with E-state index in [1.165, 1.54) is 18.6 Å². The molecule has 1 aliphatic rings. The Bertz CT molecular complexity index is 750. The maximum Gasteiger partial charge on any atom is 0.241 e. The smallest absolute Gasteiger partial charge is 0.241 e. The van der Waals surface area contributed by atoms with Crippen molar-refractivity contribution in [3.63, 3.8) is 0 Å². The highest BCUT2D eigenvalue weighted by Gasteiger charge is 2.27. The summed E-state index contributed by atoms with van der Waals surface area (Å²) in [5.74, 6) is -0.0533. The van der Waals surface area contributed by atoms with E-state index in [1.54, 1.807) is 0 Å². The molecule has 0 radical (unpaired) electrons. The Hall–Kier alpha value is -1.14. The molecule has 1 aliphatic carbocycles. The molecule has 1 N–H and O–H groups in total. The second-order valence-corrected chi connectivity index (χ2v) is 11.6. The van der Waals surface area contributed by atoms with Crippen LogP contribution < -0.4 is 9.46 Å². The summed E-state index contributed by atoms with van der Waals surface area (Å²) in [6.07, 6.45) is 7.28. The van der Waals surface area contributed by atoms with Crippen molar-refractivity contribution in [1.29, 1.82) is 0 Å². The predicted octanol–water partition coefficient (Wildman–Crippen LogP) is 5.67. The lowest BCUT2D eigenvalue weighted by molar-refractivity contribution is 0.284. The van der Waals surface area contributed by atoms with Gasteiger partial charge in [0.1, 0.15) is 0 Å². The number of benzene rings is 1. The van der Waals surface area contributed by atoms with Crippen molar-refractivity contribution >= 4 is 10.0 Å². The normalized spacial score (nSPS) is 15.6. The van der Waals surface area contributed by atoms with Crippen molar-refractivity contribution < 1.29 is 17.5 Å². The number of ether oxygens (including phenoxy) is 1. The van der Waals surface area contributed by atoms with Crippen molar-refractivity contribution in [2.24, 2.45) is 11.3 Å². The van der Waals surface area contributed by atoms with Crippen LogP contribution in [0.15, 0.2) is 23.1 Å². The second-order valence-electron chi connectivity index (χ2n) is 9.96. The van der Waals surface area contributed by atoms with Crippen LogP contribution in [0, 0.1) is 17.2 Å². The number of hydrogen-bond acceptors (Lipinski definition) is 3. The Morgan fingerprint density at radius 1 is 1.07 bits per heavy atom. The summed E-state index contributed by atoms with van der Waals surface area (Å²) in [5.41, 5.74) is -0.233. The van der Waals surface area contributed by atoms with Gasteiger partial charge in [-0.1, -0.05) is 40.0 Å². The molecule has 0 heterocycles. The highest BCUT2D eigenvalue weighted by Crippen LogP contribution is 2.31. The molecule has 0 spiro atoms. The number of rotatable bonds is 11. The van der Waals surface area contributed by atoms with Crippen molar-refractivity contribution in [3.8, 4) is 5.75 Å². The Balaban J connectivity index is 1.92. The van der Waals surface area contributed by atoms with E-state index < -0.39 is 21.4 Å². The molecule has 1 saturated carbocycles. The summed E-state index contributed by atoms with van der Waals surface area (Å²) in [7, 11) is -3.74. The van der Waals surface area contributed by atoms with Gasteiger partial charge in [-0.25, -0.2) is 17.5 Å². The quantitative estimate of drug-likeness (QED) is 0.476. The molecule has 160 valence electrons. The number of nitrogens with one attached hydrogen (secondary N) is 1. The molecule has 2 rings (SSSR count). The summed E-state index contributed by atoms with van der Waals surface area (Å²) in [6.45, 7) is 10.9. The van der Waals surface area contributed by atoms with E-state index in [-0.39, 0.29) is 10.6 Å². The van der Waals surface area contributed by atoms with Gasteiger partial charge < -0.3 is 4.74 Å². The summed E-state index contributed by atoms with van der Waals surface area (Å²) in [6, 6.07) is 3.75. The van der Waals surface area contributed by atoms with Gasteiger partial charge in [-0.15, -0.1) is 0 Å². The van der Waals surface area contributed by atoms with Crippen molar-refractivity contribution in [3.05, 3.63) is 24.0 Å². The van der Waals surface area contributed by atoms with Crippen molar-refractivity contribution in [2.75, 3.05) is 6.61 Å². The summed E-state index contributed by atoms with van der Waals surface area (Å²) < 4.78 is 47.8. The first-order chi connectivity index (χ1) is 12.9. The van der Waals surface area contributed by atoms with Crippen LogP contribution in [0.3, 0.4) is 0 Å². The number of sulfonamides is 1. The maximum absolute atomic E-state index is 13.9. The molecule has 1 fully saturated rings. The van der Waals surface area contributed by atoms with Gasteiger partial charge in [0, 0.05) is 11.6 Å². The molecular formula is C22H36FNO3S. The van der Waals surface area contributed by atoms with E-state index in [2.05, 4.69) is 25.5 Å². The fourth-order valence-electron chi connectivity index (χ4n) is 3.13. The minimum Gasteiger partial charge on any atom is -0.490 e. The van der Waals surface area contributed by atoms with E-state index in [1.807, 2.05) is 13.8 Å². The monoisotopic (exact) mass is 413 g/mol. The zero-order chi connectivity index (χ0) is 21.0. The first-order valence-electron chi connectivity index (χ1n) is 10.3. The molecule has 0 saturated heterocycles. The van der Waals surface area contributed by atoms with E-state index in [0.29, 0.717) is 17.9 Å². The minimum atomic E-state index is -3.74. The molecule has 1 aromatic carbocycles. The summed E-state index contributed by atoms with van der Waals surface area (Å²) in [4.78, 5) is 0.0421. The van der Waals surface area contributed by atoms with Gasteiger partial charge in [-0.05, 0) is 63.0 Å². The largest absolute Gasteiger partial charge is 0.490 e. The first kappa shape index (κ1) is 23.1. The average Bonchev–Trinajstić information content (AvgIpc) is 3.35. The highest BCUT2D eigenvalue weighted by molar-refractivity contribution is 7.89. The third-order valence-corrected chi connectivity index (χ3v) is 6.72. The Morgan fingerprint density at radius 2 is 1.71 bits per heavy atom. The summed E-state index contributed by atoms with van der Waals surface area (Å²) >= 11 is 0. The SMILES string of the molecule is CC(C)(C)CCCCCC(C)(C)NS(=O)(=O)c1ccc(F)c(OCC2CC2)c1. The van der Waals surface area contributed by atoms with E-state index in [9.17, 15) is 12.8 Å². The first-order valence-corrected chi connectivity index (χ1v) is 11.8. The molecule has 28 heavy (non-hydrogen) atoms. The van der Waals surface area contributed by atoms with Crippen LogP contribution in [0.25, 0.3) is 0 Å². The van der Waals surface area contributed by atoms with Crippen LogP contribution in [0.5, 0.6) is 5.75 Å². The highest BCUT2D eigenvalue weighted by atomic mass is 32.2. The van der Waals surface area contributed by atoms with Crippen molar-refractivity contribution in [1.82, 2.24) is 4.72 Å². The molecular weight excluding hydrogens is 377 g/mol. The zero-order valence-electron chi connectivity index (χ0n) is 18.0. The van der Waals surface area contributed by atoms with Gasteiger partial charge in [0.25, 0.3) is 0 Å². The number of hydrogen-bond donors (Lipinski definition) is 1. The fraction of sp³-hybridized carbons (Fsp3) is 0.727. The minimum absolute atomic E-state index is 0.00904. The van der Waals surface area contributed by atoms with Crippen molar-refractivity contribution in [2.45, 2.75) is 90.0 Å². The van der Waals surface area contributed by atoms with Crippen LogP contribution in [0.2, 0.25) is 0 Å². The summed E-state index contributed by atoms with van der Waals surface area (Å²) in [5, 5.41) is 0.